The molecule has 0 atom stereocenters. The first-order valence-corrected chi connectivity index (χ1v) is 28.1. The number of nitrogens with zero attached hydrogens (tertiary/aromatic N) is 7. The molecule has 0 aliphatic carbocycles. The first-order chi connectivity index (χ1) is 31.5. The zero-order valence-electron chi connectivity index (χ0n) is 41.4. The summed E-state index contributed by atoms with van der Waals surface area (Å²) < 4.78 is 143. The van der Waals surface area contributed by atoms with Gasteiger partial charge in [-0.15, -0.1) is 0 Å². The summed E-state index contributed by atoms with van der Waals surface area (Å²) in [6.45, 7) is 4.63. The van der Waals surface area contributed by atoms with Gasteiger partial charge in [-0.2, -0.15) is 16.8 Å². The Balaban J connectivity index is 1.92. The van der Waals surface area contributed by atoms with E-state index in [0.29, 0.717) is 53.2 Å². The molecule has 4 aromatic carbocycles. The molecule has 68 heavy (non-hydrogen) atoms. The molecule has 0 saturated heterocycles. The minimum absolute atomic E-state index is 0.0205. The van der Waals surface area contributed by atoms with Crippen LogP contribution in [-0.2, 0) is 49.2 Å². The van der Waals surface area contributed by atoms with Crippen LogP contribution in [0, 0.1) is 5.41 Å². The molecule has 0 heterocycles. The van der Waals surface area contributed by atoms with Gasteiger partial charge in [0.25, 0.3) is 0 Å². The normalized spacial score (nSPS) is 13.6. The topological polar surface area (TPSA) is 227 Å². The highest BCUT2D eigenvalue weighted by atomic mass is 32.3. The average Bonchev–Trinajstić information content (AvgIpc) is 3.24. The predicted molar refractivity (Wildman–Crippen MR) is 268 cm³/mol. The van der Waals surface area contributed by atoms with Crippen molar-refractivity contribution in [2.45, 2.75) is 48.8 Å². The Labute approximate surface area is 405 Å². The second kappa shape index (κ2) is 23.9. The average molecular weight is 1040 g/mol. The summed E-state index contributed by atoms with van der Waals surface area (Å²) in [4.78, 5) is 9.92. The highest BCUT2D eigenvalue weighted by Gasteiger charge is 2.36. The fourth-order valence-corrected chi connectivity index (χ4v) is 11.8. The Bertz CT molecular complexity index is 2640. The van der Waals surface area contributed by atoms with E-state index in [2.05, 4.69) is 28.0 Å². The molecule has 0 aliphatic heterocycles. The van der Waals surface area contributed by atoms with Gasteiger partial charge in [-0.1, -0.05) is 25.1 Å². The first-order valence-electron chi connectivity index (χ1n) is 22.4. The lowest BCUT2D eigenvalue weighted by molar-refractivity contribution is 0.0269. The third kappa shape index (κ3) is 15.2. The van der Waals surface area contributed by atoms with E-state index in [4.69, 9.17) is 4.74 Å². The summed E-state index contributed by atoms with van der Waals surface area (Å²) in [5.41, 5.74) is -0.989. The van der Waals surface area contributed by atoms with Crippen LogP contribution < -0.4 is 9.64 Å². The smallest absolute Gasteiger partial charge is 0.397 e. The maximum absolute atomic E-state index is 14.9. The SMILES string of the molecule is CCC(COc1cc(N(C)C)c2ccc3c(S(=O)(=O)N(C)CCCN(C)CCCN(C)C)cc(S(=O)(=O)N(C)CCCN(C)CCCN(C)C)c4ccc1c2c43)(COS(=O)(=O)O)COS(=O)(=O)O. The number of hydrogen-bond donors (Lipinski definition) is 2. The Hall–Kier alpha value is -3.08. The van der Waals surface area contributed by atoms with Crippen LogP contribution in [0.15, 0.2) is 46.2 Å². The fourth-order valence-electron chi connectivity index (χ4n) is 8.10. The molecule has 0 fully saturated rings. The Morgan fingerprint density at radius 3 is 1.26 bits per heavy atom. The van der Waals surface area contributed by atoms with E-state index in [9.17, 15) is 42.8 Å². The molecule has 0 unspecified atom stereocenters. The second-order valence-corrected chi connectivity index (χ2v) is 24.7. The molecule has 0 bridgehead atoms. The molecular formula is C44H73N7O13S4. The third-order valence-corrected chi connectivity index (χ3v) is 16.9. The third-order valence-electron chi connectivity index (χ3n) is 12.2. The molecule has 20 nitrogen and oxygen atoms in total. The van der Waals surface area contributed by atoms with Gasteiger partial charge in [-0.3, -0.25) is 9.11 Å². The second-order valence-electron chi connectivity index (χ2n) is 18.5. The number of ether oxygens (including phenoxy) is 1. The van der Waals surface area contributed by atoms with Crippen molar-refractivity contribution in [3.05, 3.63) is 36.4 Å². The molecular weight excluding hydrogens is 963 g/mol. The zero-order valence-corrected chi connectivity index (χ0v) is 44.7. The van der Waals surface area contributed by atoms with Gasteiger partial charge in [-0.25, -0.2) is 33.8 Å². The highest BCUT2D eigenvalue weighted by molar-refractivity contribution is 7.90. The van der Waals surface area contributed by atoms with Crippen LogP contribution in [0.4, 0.5) is 5.69 Å². The summed E-state index contributed by atoms with van der Waals surface area (Å²) in [7, 11) is -0.142. The summed E-state index contributed by atoms with van der Waals surface area (Å²) >= 11 is 0. The van der Waals surface area contributed by atoms with E-state index in [1.54, 1.807) is 56.3 Å². The summed E-state index contributed by atoms with van der Waals surface area (Å²) in [6, 6.07) is 9.69. The maximum atomic E-state index is 14.9. The van der Waals surface area contributed by atoms with E-state index < -0.39 is 66.1 Å². The van der Waals surface area contributed by atoms with Crippen LogP contribution in [-0.4, -0.2) is 214 Å². The number of benzene rings is 4. The molecule has 2 N–H and O–H groups in total. The standard InChI is InChI=1S/C44H73N7O13S4/c1-12-44(32-63-67(56,57)58,33-64-68(59,60)61)31-62-39-29-38(47(6)7)34-17-19-36-40(65(52,53)50(10)27-15-25-48(8)23-13-21-45(2)3)30-41(37-20-18-35(39)42(34)43(36)37)66(54,55)51(11)28-16-26-49(9)24-14-22-46(4)5/h17-20,29-30H,12-16,21-28,31-33H2,1-11H3,(H,56,57,58)(H,59,60,61). The molecule has 4 rings (SSSR count). The first kappa shape index (κ1) is 57.5. The molecule has 4 aromatic rings. The van der Waals surface area contributed by atoms with Gasteiger partial charge in [0.05, 0.1) is 35.0 Å². The van der Waals surface area contributed by atoms with E-state index in [1.807, 2.05) is 42.3 Å². The van der Waals surface area contributed by atoms with Crippen molar-refractivity contribution in [2.75, 3.05) is 148 Å². The maximum Gasteiger partial charge on any atom is 0.397 e. The Morgan fingerprint density at radius 1 is 0.500 bits per heavy atom. The van der Waals surface area contributed by atoms with Crippen molar-refractivity contribution in [1.82, 2.24) is 28.2 Å². The molecule has 24 heteroatoms. The van der Waals surface area contributed by atoms with Crippen molar-refractivity contribution in [1.29, 1.82) is 0 Å². The molecule has 0 amide bonds. The Kier molecular flexibility index (Phi) is 20.2. The van der Waals surface area contributed by atoms with Crippen LogP contribution in [0.1, 0.15) is 39.0 Å². The zero-order chi connectivity index (χ0) is 51.0. The van der Waals surface area contributed by atoms with E-state index in [0.717, 1.165) is 39.0 Å². The highest BCUT2D eigenvalue weighted by Crippen LogP contribution is 2.47. The van der Waals surface area contributed by atoms with Gasteiger partial charge < -0.3 is 29.2 Å². The van der Waals surface area contributed by atoms with Crippen LogP contribution >= 0.6 is 0 Å². The molecule has 0 spiro atoms. The monoisotopic (exact) mass is 1040 g/mol. The van der Waals surface area contributed by atoms with E-state index >= 15 is 0 Å². The number of anilines is 1. The van der Waals surface area contributed by atoms with Crippen LogP contribution in [0.25, 0.3) is 32.3 Å². The van der Waals surface area contributed by atoms with Gasteiger partial charge in [0.1, 0.15) is 5.75 Å². The van der Waals surface area contributed by atoms with Crippen molar-refractivity contribution >= 4 is 78.8 Å². The lowest BCUT2D eigenvalue weighted by Crippen LogP contribution is -2.39. The van der Waals surface area contributed by atoms with Crippen molar-refractivity contribution in [3.8, 4) is 5.75 Å². The Morgan fingerprint density at radius 2 is 0.882 bits per heavy atom. The van der Waals surface area contributed by atoms with Crippen molar-refractivity contribution < 1.29 is 55.9 Å². The van der Waals surface area contributed by atoms with Crippen LogP contribution in [0.3, 0.4) is 0 Å². The summed E-state index contributed by atoms with van der Waals surface area (Å²) in [5.74, 6) is 0.184. The van der Waals surface area contributed by atoms with Gasteiger partial charge in [0.2, 0.25) is 20.0 Å². The predicted octanol–water partition coefficient (Wildman–Crippen LogP) is 3.85. The van der Waals surface area contributed by atoms with Crippen LogP contribution in [0.5, 0.6) is 5.75 Å². The minimum atomic E-state index is -5.01. The van der Waals surface area contributed by atoms with E-state index in [-0.39, 0.29) is 45.8 Å². The summed E-state index contributed by atoms with van der Waals surface area (Å²) in [5, 5.41) is 2.44. The number of sulfonamides is 2. The van der Waals surface area contributed by atoms with Gasteiger partial charge >= 0.3 is 20.8 Å². The minimum Gasteiger partial charge on any atom is -0.492 e. The molecule has 0 aromatic heterocycles. The van der Waals surface area contributed by atoms with Crippen LogP contribution in [0.2, 0.25) is 0 Å². The van der Waals surface area contributed by atoms with Gasteiger partial charge in [0, 0.05) is 85.4 Å². The molecule has 0 radical (unpaired) electrons. The lowest BCUT2D eigenvalue weighted by Gasteiger charge is -2.31. The molecule has 0 aliphatic rings. The lowest BCUT2D eigenvalue weighted by atomic mass is 9.88. The molecule has 386 valence electrons. The van der Waals surface area contributed by atoms with E-state index in [1.165, 1.54) is 28.8 Å². The van der Waals surface area contributed by atoms with Gasteiger partial charge in [0.15, 0.2) is 0 Å². The van der Waals surface area contributed by atoms with Crippen molar-refractivity contribution in [2.24, 2.45) is 5.41 Å². The largest absolute Gasteiger partial charge is 0.492 e. The number of hydrogen-bond acceptors (Lipinski definition) is 16. The number of rotatable bonds is 31. The van der Waals surface area contributed by atoms with Gasteiger partial charge in [-0.05, 0) is 126 Å². The molecule has 0 saturated carbocycles. The van der Waals surface area contributed by atoms with Crippen molar-refractivity contribution in [3.63, 3.8) is 0 Å². The quantitative estimate of drug-likeness (QED) is 0.0539. The summed E-state index contributed by atoms with van der Waals surface area (Å²) in [6.07, 6.45) is 2.92. The fraction of sp³-hybridized carbons (Fsp3) is 0.636.